The molecule has 0 aliphatic heterocycles. The fourth-order valence-electron chi connectivity index (χ4n) is 2.69. The molecular weight excluding hydrogens is 322 g/mol. The van der Waals surface area contributed by atoms with E-state index in [1.165, 1.54) is 5.56 Å². The average molecular weight is 347 g/mol. The molecule has 0 amide bonds. The smallest absolute Gasteiger partial charge is 0.193 e. The second-order valence-electron chi connectivity index (χ2n) is 6.37. The number of nitrogens with zero attached hydrogens (tertiary/aromatic N) is 2. The largest absolute Gasteiger partial charge is 0.370 e. The number of H-pyrrole nitrogens is 1. The van der Waals surface area contributed by atoms with Crippen LogP contribution >= 0.6 is 0 Å². The Morgan fingerprint density at radius 3 is 2.58 bits per heavy atom. The van der Waals surface area contributed by atoms with Crippen LogP contribution in [0.2, 0.25) is 0 Å². The van der Waals surface area contributed by atoms with Crippen molar-refractivity contribution in [1.82, 2.24) is 9.97 Å². The number of imidazole rings is 1. The van der Waals surface area contributed by atoms with E-state index in [1.807, 2.05) is 48.7 Å². The molecule has 0 saturated heterocycles. The number of guanidine groups is 1. The highest BCUT2D eigenvalue weighted by Gasteiger charge is 2.04. The third kappa shape index (κ3) is 4.51. The maximum atomic E-state index is 5.99. The zero-order valence-corrected chi connectivity index (χ0v) is 15.2. The van der Waals surface area contributed by atoms with Gasteiger partial charge in [-0.05, 0) is 35.6 Å². The number of benzene rings is 2. The third-order valence-electron chi connectivity index (χ3n) is 4.48. The first kappa shape index (κ1) is 17.7. The highest BCUT2D eigenvalue weighted by Crippen LogP contribution is 2.20. The number of nitrogens with one attached hydrogen (secondary N) is 2. The van der Waals surface area contributed by atoms with Crippen LogP contribution in [0.1, 0.15) is 37.6 Å². The van der Waals surface area contributed by atoms with E-state index in [-0.39, 0.29) is 0 Å². The Bertz CT molecular complexity index is 850. The van der Waals surface area contributed by atoms with Crippen molar-refractivity contribution in [2.24, 2.45) is 10.7 Å². The fraction of sp³-hybridized carbons (Fsp3) is 0.238. The van der Waals surface area contributed by atoms with Crippen molar-refractivity contribution >= 4 is 11.6 Å². The summed E-state index contributed by atoms with van der Waals surface area (Å²) in [6.07, 6.45) is 2.95. The van der Waals surface area contributed by atoms with E-state index in [0.717, 1.165) is 29.2 Å². The standard InChI is InChI=1S/C21H25N5/c1-3-15(2)16-9-11-18(12-10-16)25-21(22)24-14-20-23-13-19(26-20)17-7-5-4-6-8-17/h4-13,15H,3,14H2,1-2H3,(H,23,26)(H3,22,24,25). The highest BCUT2D eigenvalue weighted by atomic mass is 15.1. The summed E-state index contributed by atoms with van der Waals surface area (Å²) in [4.78, 5) is 12.0. The predicted molar refractivity (Wildman–Crippen MR) is 108 cm³/mol. The van der Waals surface area contributed by atoms with E-state index in [1.54, 1.807) is 0 Å². The Labute approximate surface area is 154 Å². The fourth-order valence-corrected chi connectivity index (χ4v) is 2.69. The minimum atomic E-state index is 0.374. The topological polar surface area (TPSA) is 79.1 Å². The van der Waals surface area contributed by atoms with Gasteiger partial charge in [0.15, 0.2) is 5.96 Å². The van der Waals surface area contributed by atoms with E-state index in [4.69, 9.17) is 5.73 Å². The van der Waals surface area contributed by atoms with E-state index in [0.29, 0.717) is 18.4 Å². The van der Waals surface area contributed by atoms with Gasteiger partial charge in [0.1, 0.15) is 12.4 Å². The molecule has 0 radical (unpaired) electrons. The summed E-state index contributed by atoms with van der Waals surface area (Å²) in [5.74, 6) is 1.72. The SMILES string of the molecule is CCC(C)c1ccc(NC(N)=NCc2ncc(-c3ccccc3)[nH]2)cc1. The van der Waals surface area contributed by atoms with Gasteiger partial charge >= 0.3 is 0 Å². The molecule has 5 heteroatoms. The molecule has 26 heavy (non-hydrogen) atoms. The van der Waals surface area contributed by atoms with Crippen molar-refractivity contribution < 1.29 is 0 Å². The van der Waals surface area contributed by atoms with Crippen LogP contribution in [0.3, 0.4) is 0 Å². The lowest BCUT2D eigenvalue weighted by Crippen LogP contribution is -2.22. The van der Waals surface area contributed by atoms with E-state index >= 15 is 0 Å². The van der Waals surface area contributed by atoms with Gasteiger partial charge in [0.05, 0.1) is 11.9 Å². The number of aromatic nitrogens is 2. The van der Waals surface area contributed by atoms with Crippen molar-refractivity contribution in [1.29, 1.82) is 0 Å². The van der Waals surface area contributed by atoms with Gasteiger partial charge < -0.3 is 16.0 Å². The lowest BCUT2D eigenvalue weighted by molar-refractivity contribution is 0.734. The molecule has 1 aromatic heterocycles. The molecule has 3 aromatic rings. The molecule has 0 bridgehead atoms. The predicted octanol–water partition coefficient (Wildman–Crippen LogP) is 4.52. The number of anilines is 1. The maximum absolute atomic E-state index is 5.99. The summed E-state index contributed by atoms with van der Waals surface area (Å²) in [5, 5.41) is 3.12. The number of aliphatic imine (C=N–C) groups is 1. The molecule has 1 heterocycles. The van der Waals surface area contributed by atoms with Crippen LogP contribution < -0.4 is 11.1 Å². The number of rotatable bonds is 6. The Morgan fingerprint density at radius 2 is 1.88 bits per heavy atom. The molecule has 2 aromatic carbocycles. The van der Waals surface area contributed by atoms with Crippen molar-refractivity contribution in [3.8, 4) is 11.3 Å². The van der Waals surface area contributed by atoms with Crippen LogP contribution in [0.15, 0.2) is 65.8 Å². The summed E-state index contributed by atoms with van der Waals surface area (Å²) in [6, 6.07) is 18.4. The van der Waals surface area contributed by atoms with E-state index in [9.17, 15) is 0 Å². The minimum absolute atomic E-state index is 0.374. The molecule has 134 valence electrons. The molecular formula is C21H25N5. The van der Waals surface area contributed by atoms with Crippen molar-refractivity contribution in [3.63, 3.8) is 0 Å². The van der Waals surface area contributed by atoms with Crippen LogP contribution in [0.25, 0.3) is 11.3 Å². The highest BCUT2D eigenvalue weighted by molar-refractivity contribution is 5.92. The lowest BCUT2D eigenvalue weighted by Gasteiger charge is -2.10. The molecule has 3 rings (SSSR count). The van der Waals surface area contributed by atoms with Gasteiger partial charge in [-0.25, -0.2) is 9.98 Å². The minimum Gasteiger partial charge on any atom is -0.370 e. The van der Waals surface area contributed by atoms with E-state index < -0.39 is 0 Å². The third-order valence-corrected chi connectivity index (χ3v) is 4.48. The van der Waals surface area contributed by atoms with E-state index in [2.05, 4.69) is 46.3 Å². The van der Waals surface area contributed by atoms with Crippen molar-refractivity contribution in [2.75, 3.05) is 5.32 Å². The first-order chi connectivity index (χ1) is 12.7. The van der Waals surface area contributed by atoms with Gasteiger partial charge in [-0.15, -0.1) is 0 Å². The second kappa shape index (κ2) is 8.34. The zero-order valence-electron chi connectivity index (χ0n) is 15.2. The average Bonchev–Trinajstić information content (AvgIpc) is 3.16. The van der Waals surface area contributed by atoms with Gasteiger partial charge in [0.25, 0.3) is 0 Å². The van der Waals surface area contributed by atoms with Crippen LogP contribution in [0, 0.1) is 0 Å². The number of hydrogen-bond acceptors (Lipinski definition) is 2. The Hall–Kier alpha value is -3.08. The molecule has 4 N–H and O–H groups in total. The molecule has 0 aliphatic carbocycles. The normalized spacial score (nSPS) is 12.8. The van der Waals surface area contributed by atoms with Crippen LogP contribution in [-0.4, -0.2) is 15.9 Å². The second-order valence-corrected chi connectivity index (χ2v) is 6.37. The summed E-state index contributed by atoms with van der Waals surface area (Å²) >= 11 is 0. The monoisotopic (exact) mass is 347 g/mol. The quantitative estimate of drug-likeness (QED) is 0.453. The summed E-state index contributed by atoms with van der Waals surface area (Å²) in [6.45, 7) is 4.82. The Kier molecular flexibility index (Phi) is 5.69. The summed E-state index contributed by atoms with van der Waals surface area (Å²) in [7, 11) is 0. The van der Waals surface area contributed by atoms with Crippen molar-refractivity contribution in [2.45, 2.75) is 32.7 Å². The van der Waals surface area contributed by atoms with Gasteiger partial charge in [-0.3, -0.25) is 0 Å². The molecule has 0 spiro atoms. The summed E-state index contributed by atoms with van der Waals surface area (Å²) in [5.41, 5.74) is 10.3. The van der Waals surface area contributed by atoms with Gasteiger partial charge in [0.2, 0.25) is 0 Å². The van der Waals surface area contributed by atoms with Crippen molar-refractivity contribution in [3.05, 3.63) is 72.2 Å². The zero-order chi connectivity index (χ0) is 18.4. The number of hydrogen-bond donors (Lipinski definition) is 3. The summed E-state index contributed by atoms with van der Waals surface area (Å²) < 4.78 is 0. The van der Waals surface area contributed by atoms with Crippen LogP contribution in [-0.2, 0) is 6.54 Å². The Balaban J connectivity index is 1.59. The van der Waals surface area contributed by atoms with Crippen LogP contribution in [0.5, 0.6) is 0 Å². The molecule has 0 aliphatic rings. The molecule has 1 unspecified atom stereocenters. The molecule has 0 saturated carbocycles. The van der Waals surface area contributed by atoms with Gasteiger partial charge in [-0.2, -0.15) is 0 Å². The Morgan fingerprint density at radius 1 is 1.15 bits per heavy atom. The van der Waals surface area contributed by atoms with Gasteiger partial charge in [-0.1, -0.05) is 56.3 Å². The number of aromatic amines is 1. The molecule has 1 atom stereocenters. The van der Waals surface area contributed by atoms with Gasteiger partial charge in [0, 0.05) is 5.69 Å². The molecule has 0 fully saturated rings. The van der Waals surface area contributed by atoms with Crippen LogP contribution in [0.4, 0.5) is 5.69 Å². The molecule has 5 nitrogen and oxygen atoms in total. The first-order valence-corrected chi connectivity index (χ1v) is 8.92. The maximum Gasteiger partial charge on any atom is 0.193 e. The first-order valence-electron chi connectivity index (χ1n) is 8.92. The lowest BCUT2D eigenvalue weighted by atomic mass is 9.99. The number of nitrogens with two attached hydrogens (primary N) is 1.